The minimum absolute atomic E-state index is 0.00294. The highest BCUT2D eigenvalue weighted by Gasteiger charge is 2.32. The quantitative estimate of drug-likeness (QED) is 0.803. The number of carbonyl (C=O) groups is 1. The van der Waals surface area contributed by atoms with Crippen molar-refractivity contribution < 1.29 is 17.6 Å². The molecule has 0 unspecified atom stereocenters. The first kappa shape index (κ1) is 19.6. The van der Waals surface area contributed by atoms with Crippen LogP contribution < -0.4 is 10.2 Å². The molecule has 1 aliphatic heterocycles. The van der Waals surface area contributed by atoms with Gasteiger partial charge in [-0.15, -0.1) is 4.40 Å². The van der Waals surface area contributed by atoms with Crippen LogP contribution >= 0.6 is 0 Å². The van der Waals surface area contributed by atoms with E-state index in [0.717, 1.165) is 25.7 Å². The summed E-state index contributed by atoms with van der Waals surface area (Å²) in [6, 6.07) is 10.6. The van der Waals surface area contributed by atoms with E-state index in [4.69, 9.17) is 0 Å². The summed E-state index contributed by atoms with van der Waals surface area (Å²) >= 11 is 0. The zero-order chi connectivity index (χ0) is 20.6. The first-order valence-electron chi connectivity index (χ1n) is 9.72. The van der Waals surface area contributed by atoms with Crippen LogP contribution in [0.1, 0.15) is 38.2 Å². The van der Waals surface area contributed by atoms with Crippen molar-refractivity contribution in [3.05, 3.63) is 53.8 Å². The van der Waals surface area contributed by atoms with Crippen LogP contribution in [0.5, 0.6) is 0 Å². The van der Waals surface area contributed by atoms with Crippen molar-refractivity contribution in [1.29, 1.82) is 0 Å². The van der Waals surface area contributed by atoms with Gasteiger partial charge in [0.25, 0.3) is 10.0 Å². The zero-order valence-corrected chi connectivity index (χ0v) is 16.9. The molecule has 0 atom stereocenters. The molecule has 1 aliphatic carbocycles. The molecule has 2 aromatic carbocycles. The second kappa shape index (κ2) is 7.59. The number of sulfonamides is 1. The molecule has 152 valence electrons. The van der Waals surface area contributed by atoms with Crippen molar-refractivity contribution in [2.45, 2.75) is 37.5 Å². The number of nitrogens with one attached hydrogen (secondary N) is 1. The van der Waals surface area contributed by atoms with Crippen LogP contribution in [-0.2, 0) is 14.8 Å². The summed E-state index contributed by atoms with van der Waals surface area (Å²) in [4.78, 5) is 14.0. The van der Waals surface area contributed by atoms with Gasteiger partial charge in [0.1, 0.15) is 10.7 Å². The predicted octanol–water partition coefficient (Wildman–Crippen LogP) is 3.93. The molecule has 0 saturated heterocycles. The van der Waals surface area contributed by atoms with Gasteiger partial charge in [0.15, 0.2) is 5.84 Å². The Hall–Kier alpha value is -2.74. The molecule has 1 saturated carbocycles. The molecule has 0 spiro atoms. The number of amidine groups is 1. The minimum Gasteiger partial charge on any atom is -0.326 e. The fourth-order valence-corrected chi connectivity index (χ4v) is 4.80. The maximum atomic E-state index is 13.7. The third-order valence-corrected chi connectivity index (χ3v) is 6.56. The predicted molar refractivity (Wildman–Crippen MR) is 110 cm³/mol. The van der Waals surface area contributed by atoms with Crippen molar-refractivity contribution in [2.75, 3.05) is 16.8 Å². The Labute approximate surface area is 169 Å². The number of rotatable bonds is 5. The lowest BCUT2D eigenvalue weighted by molar-refractivity contribution is -0.122. The maximum Gasteiger partial charge on any atom is 0.286 e. The fourth-order valence-electron chi connectivity index (χ4n) is 3.55. The summed E-state index contributed by atoms with van der Waals surface area (Å²) in [5.74, 6) is -0.348. The number of benzene rings is 2. The lowest BCUT2D eigenvalue weighted by Crippen LogP contribution is -2.37. The van der Waals surface area contributed by atoms with Gasteiger partial charge in [0.05, 0.1) is 5.69 Å². The fraction of sp³-hybridized carbons (Fsp3) is 0.333. The Balaban J connectivity index is 1.75. The van der Waals surface area contributed by atoms with Gasteiger partial charge in [-0.2, -0.15) is 8.42 Å². The van der Waals surface area contributed by atoms with Crippen LogP contribution in [0.15, 0.2) is 51.8 Å². The lowest BCUT2D eigenvalue weighted by Gasteiger charge is -2.31. The van der Waals surface area contributed by atoms with E-state index < -0.39 is 15.8 Å². The summed E-state index contributed by atoms with van der Waals surface area (Å²) in [6.45, 7) is 2.49. The smallest absolute Gasteiger partial charge is 0.286 e. The SMILES string of the molecule is CCCN1C(c2cccc(F)c2)=NS(=O)(=O)c2cc(NC(=O)C3CCC3)ccc21. The van der Waals surface area contributed by atoms with Gasteiger partial charge < -0.3 is 10.2 Å². The van der Waals surface area contributed by atoms with Gasteiger partial charge in [-0.3, -0.25) is 4.79 Å². The number of nitrogens with zero attached hydrogens (tertiary/aromatic N) is 2. The first-order valence-corrected chi connectivity index (χ1v) is 11.2. The largest absolute Gasteiger partial charge is 0.326 e. The Morgan fingerprint density at radius 1 is 1.24 bits per heavy atom. The molecule has 2 aliphatic rings. The second-order valence-electron chi connectivity index (χ2n) is 7.35. The van der Waals surface area contributed by atoms with Crippen LogP contribution in [0.4, 0.5) is 15.8 Å². The van der Waals surface area contributed by atoms with Gasteiger partial charge in [0.2, 0.25) is 5.91 Å². The second-order valence-corrected chi connectivity index (χ2v) is 8.92. The molecule has 1 fully saturated rings. The van der Waals surface area contributed by atoms with Crippen molar-refractivity contribution in [3.8, 4) is 0 Å². The number of amides is 1. The van der Waals surface area contributed by atoms with Crippen molar-refractivity contribution in [2.24, 2.45) is 10.3 Å². The van der Waals surface area contributed by atoms with Crippen molar-refractivity contribution >= 4 is 33.1 Å². The van der Waals surface area contributed by atoms with Gasteiger partial charge in [0, 0.05) is 23.7 Å². The summed E-state index contributed by atoms with van der Waals surface area (Å²) in [7, 11) is -4.00. The summed E-state index contributed by atoms with van der Waals surface area (Å²) < 4.78 is 43.5. The number of anilines is 2. The topological polar surface area (TPSA) is 78.8 Å². The van der Waals surface area contributed by atoms with Gasteiger partial charge in [-0.05, 0) is 49.6 Å². The summed E-state index contributed by atoms with van der Waals surface area (Å²) in [5, 5.41) is 2.81. The van der Waals surface area contributed by atoms with E-state index in [2.05, 4.69) is 9.71 Å². The number of hydrogen-bond donors (Lipinski definition) is 1. The summed E-state index contributed by atoms with van der Waals surface area (Å²) in [5.41, 5.74) is 1.31. The Bertz CT molecular complexity index is 1090. The van der Waals surface area contributed by atoms with Crippen LogP contribution in [0.3, 0.4) is 0 Å². The van der Waals surface area contributed by atoms with E-state index in [9.17, 15) is 17.6 Å². The molecule has 8 heteroatoms. The average Bonchev–Trinajstić information content (AvgIpc) is 2.62. The normalized spacial score (nSPS) is 17.9. The maximum absolute atomic E-state index is 13.7. The Kier molecular flexibility index (Phi) is 5.12. The minimum atomic E-state index is -4.00. The Morgan fingerprint density at radius 2 is 2.03 bits per heavy atom. The number of hydrogen-bond acceptors (Lipinski definition) is 4. The molecule has 0 aromatic heterocycles. The number of carbonyl (C=O) groups excluding carboxylic acids is 1. The van der Waals surface area contributed by atoms with Crippen LogP contribution in [0.25, 0.3) is 0 Å². The monoisotopic (exact) mass is 415 g/mol. The van der Waals surface area contributed by atoms with Crippen LogP contribution in [0, 0.1) is 11.7 Å². The highest BCUT2D eigenvalue weighted by molar-refractivity contribution is 7.90. The molecular weight excluding hydrogens is 393 g/mol. The third-order valence-electron chi connectivity index (χ3n) is 5.26. The number of halogens is 1. The van der Waals surface area contributed by atoms with E-state index in [1.54, 1.807) is 23.1 Å². The molecule has 1 N–H and O–H groups in total. The van der Waals surface area contributed by atoms with Crippen LogP contribution in [-0.4, -0.2) is 26.7 Å². The molecule has 1 heterocycles. The van der Waals surface area contributed by atoms with E-state index in [1.165, 1.54) is 24.3 Å². The molecule has 0 radical (unpaired) electrons. The zero-order valence-electron chi connectivity index (χ0n) is 16.1. The third kappa shape index (κ3) is 3.76. The molecule has 1 amide bonds. The van der Waals surface area contributed by atoms with Gasteiger partial charge >= 0.3 is 0 Å². The van der Waals surface area contributed by atoms with E-state index in [1.807, 2.05) is 6.92 Å². The van der Waals surface area contributed by atoms with E-state index >= 15 is 0 Å². The van der Waals surface area contributed by atoms with E-state index in [0.29, 0.717) is 23.5 Å². The molecule has 6 nitrogen and oxygen atoms in total. The van der Waals surface area contributed by atoms with E-state index in [-0.39, 0.29) is 22.6 Å². The number of fused-ring (bicyclic) bond motifs is 1. The highest BCUT2D eigenvalue weighted by Crippen LogP contribution is 2.36. The molecule has 4 rings (SSSR count). The Morgan fingerprint density at radius 3 is 2.69 bits per heavy atom. The average molecular weight is 415 g/mol. The molecule has 0 bridgehead atoms. The highest BCUT2D eigenvalue weighted by atomic mass is 32.2. The molecule has 2 aromatic rings. The molecular formula is C21H22FN3O3S. The van der Waals surface area contributed by atoms with Crippen LogP contribution in [0.2, 0.25) is 0 Å². The van der Waals surface area contributed by atoms with Gasteiger partial charge in [-0.1, -0.05) is 25.5 Å². The van der Waals surface area contributed by atoms with Gasteiger partial charge in [-0.25, -0.2) is 4.39 Å². The van der Waals surface area contributed by atoms with Crippen molar-refractivity contribution in [3.63, 3.8) is 0 Å². The first-order chi connectivity index (χ1) is 13.9. The standard InChI is InChI=1S/C21H22FN3O3S/c1-2-11-25-18-10-9-17(23-21(26)14-5-3-6-14)13-19(18)29(27,28)24-20(25)15-7-4-8-16(22)12-15/h4,7-10,12-14H,2-3,5-6,11H2,1H3,(H,23,26). The summed E-state index contributed by atoms with van der Waals surface area (Å²) in [6.07, 6.45) is 3.51. The lowest BCUT2D eigenvalue weighted by atomic mass is 9.85. The van der Waals surface area contributed by atoms with Crippen molar-refractivity contribution in [1.82, 2.24) is 0 Å². The molecule has 29 heavy (non-hydrogen) atoms.